The first-order valence-electron chi connectivity index (χ1n) is 6.21. The Morgan fingerprint density at radius 3 is 2.83 bits per heavy atom. The van der Waals surface area contributed by atoms with Gasteiger partial charge in [-0.05, 0) is 13.0 Å². The molecule has 0 bridgehead atoms. The summed E-state index contributed by atoms with van der Waals surface area (Å²) < 4.78 is 5.31. The highest BCUT2D eigenvalue weighted by molar-refractivity contribution is 5.40. The van der Waals surface area contributed by atoms with Crippen molar-refractivity contribution in [3.8, 4) is 0 Å². The van der Waals surface area contributed by atoms with Crippen molar-refractivity contribution in [2.24, 2.45) is 5.84 Å². The number of hydrogen-bond acceptors (Lipinski definition) is 7. The number of aromatic nitrogens is 2. The van der Waals surface area contributed by atoms with Crippen LogP contribution in [0.5, 0.6) is 0 Å². The van der Waals surface area contributed by atoms with Gasteiger partial charge in [0.2, 0.25) is 0 Å². The van der Waals surface area contributed by atoms with Gasteiger partial charge in [-0.2, -0.15) is 0 Å². The Bertz CT molecular complexity index is 355. The molecule has 1 aromatic rings. The summed E-state index contributed by atoms with van der Waals surface area (Å²) in [5, 5.41) is 3.23. The molecule has 7 nitrogen and oxygen atoms in total. The van der Waals surface area contributed by atoms with Crippen LogP contribution >= 0.6 is 0 Å². The Balaban J connectivity index is 1.65. The molecule has 1 fully saturated rings. The lowest BCUT2D eigenvalue weighted by atomic mass is 10.3. The first-order valence-corrected chi connectivity index (χ1v) is 6.21. The number of ether oxygens (including phenoxy) is 1. The number of morpholine rings is 1. The molecule has 7 heteroatoms. The minimum atomic E-state index is 0.563. The van der Waals surface area contributed by atoms with E-state index >= 15 is 0 Å². The van der Waals surface area contributed by atoms with Gasteiger partial charge >= 0.3 is 0 Å². The summed E-state index contributed by atoms with van der Waals surface area (Å²) in [6.45, 7) is 5.73. The average Bonchev–Trinajstić information content (AvgIpc) is 2.45. The molecule has 0 atom stereocenters. The van der Waals surface area contributed by atoms with Crippen molar-refractivity contribution in [2.75, 3.05) is 50.1 Å². The van der Waals surface area contributed by atoms with Gasteiger partial charge in [-0.1, -0.05) is 0 Å². The van der Waals surface area contributed by atoms with Gasteiger partial charge in [0.15, 0.2) is 5.82 Å². The Morgan fingerprint density at radius 1 is 1.28 bits per heavy atom. The van der Waals surface area contributed by atoms with Crippen molar-refractivity contribution < 1.29 is 4.74 Å². The molecule has 4 N–H and O–H groups in total. The van der Waals surface area contributed by atoms with Gasteiger partial charge in [0.05, 0.1) is 25.6 Å². The van der Waals surface area contributed by atoms with Crippen LogP contribution in [-0.2, 0) is 4.74 Å². The van der Waals surface area contributed by atoms with Crippen molar-refractivity contribution in [3.05, 3.63) is 12.4 Å². The molecule has 1 aromatic heterocycles. The van der Waals surface area contributed by atoms with Gasteiger partial charge in [0.25, 0.3) is 0 Å². The van der Waals surface area contributed by atoms with Crippen LogP contribution in [0.2, 0.25) is 0 Å². The van der Waals surface area contributed by atoms with Gasteiger partial charge in [-0.15, -0.1) is 0 Å². The number of nitrogens with zero attached hydrogens (tertiary/aromatic N) is 3. The molecule has 2 rings (SSSR count). The summed E-state index contributed by atoms with van der Waals surface area (Å²) in [5.74, 6) is 6.58. The second-order valence-corrected chi connectivity index (χ2v) is 4.17. The fourth-order valence-corrected chi connectivity index (χ4v) is 1.86. The minimum Gasteiger partial charge on any atom is -0.379 e. The van der Waals surface area contributed by atoms with Crippen molar-refractivity contribution in [1.82, 2.24) is 14.9 Å². The van der Waals surface area contributed by atoms with Crippen LogP contribution in [0.1, 0.15) is 6.42 Å². The molecule has 0 amide bonds. The van der Waals surface area contributed by atoms with Crippen LogP contribution in [0, 0.1) is 0 Å². The maximum atomic E-state index is 5.31. The number of anilines is 2. The number of nitrogens with two attached hydrogens (primary N) is 1. The zero-order chi connectivity index (χ0) is 12.6. The number of nitrogens with one attached hydrogen (secondary N) is 2. The van der Waals surface area contributed by atoms with Crippen LogP contribution in [0.25, 0.3) is 0 Å². The van der Waals surface area contributed by atoms with E-state index in [0.717, 1.165) is 51.6 Å². The predicted octanol–water partition coefficient (Wildman–Crippen LogP) is -0.104. The molecule has 2 heterocycles. The van der Waals surface area contributed by atoms with Crippen LogP contribution in [0.15, 0.2) is 12.4 Å². The Kier molecular flexibility index (Phi) is 5.13. The fourth-order valence-electron chi connectivity index (χ4n) is 1.86. The zero-order valence-electron chi connectivity index (χ0n) is 10.4. The second kappa shape index (κ2) is 7.10. The van der Waals surface area contributed by atoms with Crippen molar-refractivity contribution >= 4 is 11.6 Å². The van der Waals surface area contributed by atoms with E-state index in [1.54, 1.807) is 12.4 Å². The second-order valence-electron chi connectivity index (χ2n) is 4.17. The van der Waals surface area contributed by atoms with E-state index < -0.39 is 0 Å². The van der Waals surface area contributed by atoms with E-state index in [0.29, 0.717) is 5.82 Å². The monoisotopic (exact) mass is 252 g/mol. The summed E-state index contributed by atoms with van der Waals surface area (Å²) in [5.41, 5.74) is 2.47. The summed E-state index contributed by atoms with van der Waals surface area (Å²) in [4.78, 5) is 10.7. The maximum Gasteiger partial charge on any atom is 0.160 e. The first kappa shape index (κ1) is 13.0. The molecule has 0 saturated carbocycles. The molecule has 0 aromatic carbocycles. The third-order valence-electron chi connectivity index (χ3n) is 2.84. The molecule has 1 aliphatic heterocycles. The number of hydrazine groups is 1. The Morgan fingerprint density at radius 2 is 2.06 bits per heavy atom. The molecular formula is C11H20N6O. The number of hydrogen-bond donors (Lipinski definition) is 3. The third-order valence-corrected chi connectivity index (χ3v) is 2.84. The van der Waals surface area contributed by atoms with E-state index in [-0.39, 0.29) is 0 Å². The highest BCUT2D eigenvalue weighted by Gasteiger charge is 2.08. The van der Waals surface area contributed by atoms with Crippen molar-refractivity contribution in [1.29, 1.82) is 0 Å². The normalized spacial score (nSPS) is 16.5. The first-order chi connectivity index (χ1) is 8.88. The topological polar surface area (TPSA) is 88.3 Å². The van der Waals surface area contributed by atoms with E-state index in [4.69, 9.17) is 10.6 Å². The molecule has 18 heavy (non-hydrogen) atoms. The number of rotatable bonds is 6. The van der Waals surface area contributed by atoms with Gasteiger partial charge in [-0.3, -0.25) is 9.88 Å². The smallest absolute Gasteiger partial charge is 0.160 e. The Hall–Kier alpha value is -1.44. The summed E-state index contributed by atoms with van der Waals surface area (Å²) >= 11 is 0. The molecule has 100 valence electrons. The minimum absolute atomic E-state index is 0.563. The SMILES string of the molecule is NNc1cncc(NCCCN2CCOCC2)n1. The molecular weight excluding hydrogens is 232 g/mol. The predicted molar refractivity (Wildman–Crippen MR) is 70.2 cm³/mol. The zero-order valence-corrected chi connectivity index (χ0v) is 10.4. The summed E-state index contributed by atoms with van der Waals surface area (Å²) in [6.07, 6.45) is 4.34. The lowest BCUT2D eigenvalue weighted by molar-refractivity contribution is 0.0378. The molecule has 1 aliphatic rings. The summed E-state index contributed by atoms with van der Waals surface area (Å²) in [6, 6.07) is 0. The van der Waals surface area contributed by atoms with Crippen LogP contribution < -0.4 is 16.6 Å². The standard InChI is InChI=1S/C11H20N6O/c12-16-11-9-13-8-10(15-11)14-2-1-3-17-4-6-18-7-5-17/h8-9H,1-7,12H2,(H2,14,15,16). The third kappa shape index (κ3) is 4.10. The van der Waals surface area contributed by atoms with E-state index in [1.807, 2.05) is 0 Å². The summed E-state index contributed by atoms with van der Waals surface area (Å²) in [7, 11) is 0. The van der Waals surface area contributed by atoms with E-state index in [1.165, 1.54) is 0 Å². The maximum absolute atomic E-state index is 5.31. The van der Waals surface area contributed by atoms with Crippen LogP contribution in [0.4, 0.5) is 11.6 Å². The molecule has 1 saturated heterocycles. The lowest BCUT2D eigenvalue weighted by Gasteiger charge is -2.26. The van der Waals surface area contributed by atoms with Crippen LogP contribution in [-0.4, -0.2) is 54.3 Å². The fraction of sp³-hybridized carbons (Fsp3) is 0.636. The van der Waals surface area contributed by atoms with E-state index in [2.05, 4.69) is 25.6 Å². The highest BCUT2D eigenvalue weighted by Crippen LogP contribution is 2.05. The molecule has 0 aliphatic carbocycles. The van der Waals surface area contributed by atoms with Crippen molar-refractivity contribution in [3.63, 3.8) is 0 Å². The average molecular weight is 252 g/mol. The van der Waals surface area contributed by atoms with Crippen LogP contribution in [0.3, 0.4) is 0 Å². The molecule has 0 unspecified atom stereocenters. The Labute approximate surface area is 107 Å². The van der Waals surface area contributed by atoms with E-state index in [9.17, 15) is 0 Å². The van der Waals surface area contributed by atoms with Gasteiger partial charge in [0, 0.05) is 19.6 Å². The largest absolute Gasteiger partial charge is 0.379 e. The quantitative estimate of drug-likeness (QED) is 0.370. The van der Waals surface area contributed by atoms with Crippen molar-refractivity contribution in [2.45, 2.75) is 6.42 Å². The molecule has 0 spiro atoms. The molecule has 0 radical (unpaired) electrons. The highest BCUT2D eigenvalue weighted by atomic mass is 16.5. The lowest BCUT2D eigenvalue weighted by Crippen LogP contribution is -2.37. The van der Waals surface area contributed by atoms with Gasteiger partial charge < -0.3 is 15.5 Å². The van der Waals surface area contributed by atoms with Gasteiger partial charge in [-0.25, -0.2) is 10.8 Å². The number of nitrogen functional groups attached to an aromatic ring is 1. The van der Waals surface area contributed by atoms with Gasteiger partial charge in [0.1, 0.15) is 5.82 Å².